The number of hydrogen-bond donors (Lipinski definition) is 0. The van der Waals surface area contributed by atoms with Crippen LogP contribution in [0.3, 0.4) is 0 Å². The molecule has 0 heteroatoms. The third-order valence-electron chi connectivity index (χ3n) is 3.29. The fourth-order valence-electron chi connectivity index (χ4n) is 2.13. The van der Waals surface area contributed by atoms with Gasteiger partial charge in [-0.3, -0.25) is 0 Å². The third kappa shape index (κ3) is 3.45. The van der Waals surface area contributed by atoms with E-state index in [0.29, 0.717) is 0 Å². The summed E-state index contributed by atoms with van der Waals surface area (Å²) in [6.45, 7) is 4.33. The zero-order valence-electron chi connectivity index (χ0n) is 10.7. The molecule has 0 unspecified atom stereocenters. The molecule has 0 aliphatic rings. The Morgan fingerprint density at radius 2 is 1.47 bits per heavy atom. The summed E-state index contributed by atoms with van der Waals surface area (Å²) < 4.78 is 0. The largest absolute Gasteiger partial charge is 0.0620 e. The minimum atomic E-state index is 1.18. The Morgan fingerprint density at radius 1 is 0.765 bits per heavy atom. The van der Waals surface area contributed by atoms with E-state index >= 15 is 0 Å². The van der Waals surface area contributed by atoms with E-state index in [-0.39, 0.29) is 0 Å². The van der Waals surface area contributed by atoms with Gasteiger partial charge in [0.1, 0.15) is 0 Å². The Labute approximate surface area is 104 Å². The topological polar surface area (TPSA) is 0 Å². The van der Waals surface area contributed by atoms with E-state index in [0.717, 1.165) is 0 Å². The van der Waals surface area contributed by atoms with Crippen LogP contribution in [-0.2, 0) is 12.8 Å². The normalized spacial score (nSPS) is 10.5. The van der Waals surface area contributed by atoms with Crippen molar-refractivity contribution in [2.24, 2.45) is 0 Å². The van der Waals surface area contributed by atoms with E-state index in [9.17, 15) is 0 Å². The maximum absolute atomic E-state index is 2.24. The van der Waals surface area contributed by atoms with E-state index in [2.05, 4.69) is 62.4 Å². The predicted molar refractivity (Wildman–Crippen MR) is 74.4 cm³/mol. The highest BCUT2D eigenvalue weighted by molar-refractivity contribution is 5.26. The molecule has 2 aromatic rings. The second kappa shape index (κ2) is 5.67. The number of hydrogen-bond acceptors (Lipinski definition) is 0. The summed E-state index contributed by atoms with van der Waals surface area (Å²) in [5.74, 6) is 0. The summed E-state index contributed by atoms with van der Waals surface area (Å²) in [6, 6.07) is 17.6. The van der Waals surface area contributed by atoms with Crippen molar-refractivity contribution >= 4 is 0 Å². The van der Waals surface area contributed by atoms with Gasteiger partial charge in [-0.05, 0) is 49.8 Å². The highest BCUT2D eigenvalue weighted by Gasteiger charge is 1.98. The maximum atomic E-state index is 2.24. The van der Waals surface area contributed by atoms with Crippen LogP contribution in [0.5, 0.6) is 0 Å². The van der Waals surface area contributed by atoms with Gasteiger partial charge in [0, 0.05) is 0 Å². The average molecular weight is 224 g/mol. The van der Waals surface area contributed by atoms with Crippen LogP contribution in [-0.4, -0.2) is 0 Å². The molecule has 2 rings (SSSR count). The zero-order chi connectivity index (χ0) is 12.1. The zero-order valence-corrected chi connectivity index (χ0v) is 10.7. The van der Waals surface area contributed by atoms with E-state index < -0.39 is 0 Å². The predicted octanol–water partition coefficient (Wildman–Crippen LogP) is 4.48. The van der Waals surface area contributed by atoms with Crippen molar-refractivity contribution in [2.45, 2.75) is 33.1 Å². The molecule has 2 aromatic carbocycles. The van der Waals surface area contributed by atoms with Gasteiger partial charge in [0.25, 0.3) is 0 Å². The molecule has 0 heterocycles. The van der Waals surface area contributed by atoms with Gasteiger partial charge in [0.15, 0.2) is 0 Å². The Bertz CT molecular complexity index is 466. The minimum Gasteiger partial charge on any atom is -0.0620 e. The van der Waals surface area contributed by atoms with Gasteiger partial charge in [-0.25, -0.2) is 0 Å². The van der Waals surface area contributed by atoms with E-state index in [1.807, 2.05) is 0 Å². The number of benzene rings is 2. The van der Waals surface area contributed by atoms with Gasteiger partial charge in [-0.15, -0.1) is 0 Å². The van der Waals surface area contributed by atoms with E-state index in [4.69, 9.17) is 0 Å². The van der Waals surface area contributed by atoms with Crippen LogP contribution in [0, 0.1) is 13.8 Å². The Kier molecular flexibility index (Phi) is 3.98. The molecule has 0 spiro atoms. The standard InChI is InChI=1S/C17H20/c1-14-10-12-16(13-11-14)7-5-9-17-8-4-3-6-15(17)2/h3-4,6,8,10-13H,5,7,9H2,1-2H3. The van der Waals surface area contributed by atoms with Crippen LogP contribution in [0.1, 0.15) is 28.7 Å². The Hall–Kier alpha value is -1.56. The van der Waals surface area contributed by atoms with Gasteiger partial charge in [-0.1, -0.05) is 54.1 Å². The van der Waals surface area contributed by atoms with Crippen LogP contribution < -0.4 is 0 Å². The van der Waals surface area contributed by atoms with Crippen molar-refractivity contribution < 1.29 is 0 Å². The molecule has 0 radical (unpaired) electrons. The lowest BCUT2D eigenvalue weighted by molar-refractivity contribution is 0.816. The summed E-state index contributed by atoms with van der Waals surface area (Å²) in [5.41, 5.74) is 5.69. The number of rotatable bonds is 4. The maximum Gasteiger partial charge on any atom is -0.0273 e. The molecular weight excluding hydrogens is 204 g/mol. The first-order valence-corrected chi connectivity index (χ1v) is 6.36. The van der Waals surface area contributed by atoms with Crippen LogP contribution >= 0.6 is 0 Å². The molecule has 17 heavy (non-hydrogen) atoms. The molecule has 0 saturated heterocycles. The first-order valence-electron chi connectivity index (χ1n) is 6.36. The molecule has 0 aliphatic carbocycles. The molecule has 0 saturated carbocycles. The first-order chi connectivity index (χ1) is 8.25. The second-order valence-corrected chi connectivity index (χ2v) is 4.77. The van der Waals surface area contributed by atoms with Crippen molar-refractivity contribution in [1.82, 2.24) is 0 Å². The quantitative estimate of drug-likeness (QED) is 0.718. The summed E-state index contributed by atoms with van der Waals surface area (Å²) in [6.07, 6.45) is 3.59. The van der Waals surface area contributed by atoms with Crippen LogP contribution in [0.25, 0.3) is 0 Å². The van der Waals surface area contributed by atoms with Crippen molar-refractivity contribution in [1.29, 1.82) is 0 Å². The fraction of sp³-hybridized carbons (Fsp3) is 0.294. The molecule has 0 amide bonds. The van der Waals surface area contributed by atoms with Gasteiger partial charge in [0.2, 0.25) is 0 Å². The van der Waals surface area contributed by atoms with Crippen molar-refractivity contribution in [3.63, 3.8) is 0 Å². The van der Waals surface area contributed by atoms with Gasteiger partial charge < -0.3 is 0 Å². The second-order valence-electron chi connectivity index (χ2n) is 4.77. The van der Waals surface area contributed by atoms with Gasteiger partial charge in [-0.2, -0.15) is 0 Å². The Morgan fingerprint density at radius 3 is 2.18 bits per heavy atom. The van der Waals surface area contributed by atoms with Crippen LogP contribution in [0.4, 0.5) is 0 Å². The fourth-order valence-corrected chi connectivity index (χ4v) is 2.13. The van der Waals surface area contributed by atoms with Crippen molar-refractivity contribution in [3.8, 4) is 0 Å². The Balaban J connectivity index is 1.88. The minimum absolute atomic E-state index is 1.18. The average Bonchev–Trinajstić information content (AvgIpc) is 2.34. The summed E-state index contributed by atoms with van der Waals surface area (Å²) in [7, 11) is 0. The monoisotopic (exact) mass is 224 g/mol. The highest BCUT2D eigenvalue weighted by Crippen LogP contribution is 2.12. The third-order valence-corrected chi connectivity index (χ3v) is 3.29. The molecule has 0 bridgehead atoms. The van der Waals surface area contributed by atoms with Crippen LogP contribution in [0.15, 0.2) is 48.5 Å². The molecular formula is C17H20. The van der Waals surface area contributed by atoms with Gasteiger partial charge in [0.05, 0.1) is 0 Å². The van der Waals surface area contributed by atoms with E-state index in [1.165, 1.54) is 41.5 Å². The van der Waals surface area contributed by atoms with E-state index in [1.54, 1.807) is 0 Å². The molecule has 88 valence electrons. The molecule has 0 aromatic heterocycles. The van der Waals surface area contributed by atoms with Crippen LogP contribution in [0.2, 0.25) is 0 Å². The molecule has 0 nitrogen and oxygen atoms in total. The smallest absolute Gasteiger partial charge is 0.0273 e. The first kappa shape index (κ1) is 11.9. The summed E-state index contributed by atoms with van der Waals surface area (Å²) in [4.78, 5) is 0. The molecule has 0 atom stereocenters. The molecule has 0 N–H and O–H groups in total. The highest BCUT2D eigenvalue weighted by atomic mass is 14.0. The summed E-state index contributed by atoms with van der Waals surface area (Å²) in [5, 5.41) is 0. The summed E-state index contributed by atoms with van der Waals surface area (Å²) >= 11 is 0. The lowest BCUT2D eigenvalue weighted by Gasteiger charge is -2.05. The SMILES string of the molecule is Cc1ccc(CCCc2ccccc2C)cc1. The van der Waals surface area contributed by atoms with Crippen molar-refractivity contribution in [2.75, 3.05) is 0 Å². The molecule has 0 aliphatic heterocycles. The number of aryl methyl sites for hydroxylation is 4. The lowest BCUT2D eigenvalue weighted by Crippen LogP contribution is -1.92. The van der Waals surface area contributed by atoms with Crippen molar-refractivity contribution in [3.05, 3.63) is 70.8 Å². The van der Waals surface area contributed by atoms with Gasteiger partial charge >= 0.3 is 0 Å². The lowest BCUT2D eigenvalue weighted by atomic mass is 10.0. The molecule has 0 fully saturated rings.